The van der Waals surface area contributed by atoms with Crippen molar-refractivity contribution in [2.45, 2.75) is 19.8 Å². The Morgan fingerprint density at radius 2 is 1.81 bits per heavy atom. The molecule has 0 bridgehead atoms. The molecule has 0 unspecified atom stereocenters. The quantitative estimate of drug-likeness (QED) is 0.391. The van der Waals surface area contributed by atoms with Crippen LogP contribution in [0.25, 0.3) is 0 Å². The number of hydrogen-bond acceptors (Lipinski definition) is 5. The van der Waals surface area contributed by atoms with Gasteiger partial charge in [0, 0.05) is 11.8 Å². The highest BCUT2D eigenvalue weighted by Gasteiger charge is 2.19. The smallest absolute Gasteiger partial charge is 0.314 e. The number of carbonyl (C=O) groups is 2. The molecule has 1 fully saturated rings. The summed E-state index contributed by atoms with van der Waals surface area (Å²) in [7, 11) is 0. The fourth-order valence-electron chi connectivity index (χ4n) is 1.06. The standard InChI is InChI=1S/C7H9NO.C4H4O3/c1-5-2-3-6(8)4-7(5)9;5-3-1-2-4(6)7-3/h2-4,9H,8H2,1H3;1-2H2. The van der Waals surface area contributed by atoms with Crippen LogP contribution in [0.15, 0.2) is 18.2 Å². The zero-order chi connectivity index (χ0) is 12.1. The van der Waals surface area contributed by atoms with Crippen molar-refractivity contribution in [2.24, 2.45) is 0 Å². The molecule has 1 aliphatic rings. The maximum Gasteiger partial charge on any atom is 0.314 e. The lowest BCUT2D eigenvalue weighted by Gasteiger charge is -1.97. The van der Waals surface area contributed by atoms with Crippen molar-refractivity contribution in [3.63, 3.8) is 0 Å². The Hall–Kier alpha value is -2.04. The predicted octanol–water partition coefficient (Wildman–Crippen LogP) is 1.13. The highest BCUT2D eigenvalue weighted by molar-refractivity contribution is 5.92. The Morgan fingerprint density at radius 1 is 1.25 bits per heavy atom. The van der Waals surface area contributed by atoms with Gasteiger partial charge in [-0.05, 0) is 18.6 Å². The average molecular weight is 223 g/mol. The summed E-state index contributed by atoms with van der Waals surface area (Å²) in [6.45, 7) is 1.83. The van der Waals surface area contributed by atoms with Crippen LogP contribution in [0, 0.1) is 6.92 Å². The molecule has 2 rings (SSSR count). The van der Waals surface area contributed by atoms with Crippen molar-refractivity contribution in [2.75, 3.05) is 5.73 Å². The first kappa shape index (κ1) is 12.0. The lowest BCUT2D eigenvalue weighted by molar-refractivity contribution is -0.151. The molecule has 1 aliphatic heterocycles. The summed E-state index contributed by atoms with van der Waals surface area (Å²) in [6, 6.07) is 5.08. The van der Waals surface area contributed by atoms with Crippen molar-refractivity contribution in [1.82, 2.24) is 0 Å². The minimum Gasteiger partial charge on any atom is -0.508 e. The van der Waals surface area contributed by atoms with Crippen LogP contribution in [-0.2, 0) is 14.3 Å². The van der Waals surface area contributed by atoms with Gasteiger partial charge in [0.2, 0.25) is 0 Å². The molecule has 0 atom stereocenters. The van der Waals surface area contributed by atoms with E-state index in [0.717, 1.165) is 5.56 Å². The number of hydrogen-bond donors (Lipinski definition) is 2. The molecule has 0 amide bonds. The van der Waals surface area contributed by atoms with Crippen LogP contribution in [0.1, 0.15) is 18.4 Å². The molecule has 1 saturated heterocycles. The summed E-state index contributed by atoms with van der Waals surface area (Å²) in [5, 5.41) is 9.02. The van der Waals surface area contributed by atoms with Gasteiger partial charge in [-0.25, -0.2) is 0 Å². The lowest BCUT2D eigenvalue weighted by atomic mass is 10.2. The van der Waals surface area contributed by atoms with E-state index < -0.39 is 11.9 Å². The summed E-state index contributed by atoms with van der Waals surface area (Å²) in [5.74, 6) is -0.537. The van der Waals surface area contributed by atoms with E-state index in [1.165, 1.54) is 6.07 Å². The van der Waals surface area contributed by atoms with Gasteiger partial charge in [-0.3, -0.25) is 9.59 Å². The van der Waals surface area contributed by atoms with Crippen molar-refractivity contribution in [3.8, 4) is 5.75 Å². The van der Waals surface area contributed by atoms with Crippen molar-refractivity contribution >= 4 is 17.6 Å². The summed E-state index contributed by atoms with van der Waals surface area (Å²) in [6.07, 6.45) is 0.525. The number of anilines is 1. The van der Waals surface area contributed by atoms with E-state index in [-0.39, 0.29) is 18.6 Å². The first-order valence-electron chi connectivity index (χ1n) is 4.77. The number of nitrogens with two attached hydrogens (primary N) is 1. The molecule has 16 heavy (non-hydrogen) atoms. The monoisotopic (exact) mass is 223 g/mol. The van der Waals surface area contributed by atoms with Gasteiger partial charge in [0.25, 0.3) is 0 Å². The van der Waals surface area contributed by atoms with Crippen molar-refractivity contribution < 1.29 is 19.4 Å². The first-order chi connectivity index (χ1) is 7.49. The van der Waals surface area contributed by atoms with Crippen LogP contribution in [0.3, 0.4) is 0 Å². The molecular formula is C11H13NO4. The van der Waals surface area contributed by atoms with Crippen LogP contribution in [0.2, 0.25) is 0 Å². The average Bonchev–Trinajstić information content (AvgIpc) is 2.58. The fourth-order valence-corrected chi connectivity index (χ4v) is 1.06. The van der Waals surface area contributed by atoms with Gasteiger partial charge in [0.15, 0.2) is 0 Å². The largest absolute Gasteiger partial charge is 0.508 e. The van der Waals surface area contributed by atoms with Crippen LogP contribution in [0.4, 0.5) is 5.69 Å². The topological polar surface area (TPSA) is 89.6 Å². The Kier molecular flexibility index (Phi) is 3.88. The number of aryl methyl sites for hydroxylation is 1. The zero-order valence-corrected chi connectivity index (χ0v) is 8.90. The Bertz CT molecular complexity index is 400. The Morgan fingerprint density at radius 3 is 2.12 bits per heavy atom. The van der Waals surface area contributed by atoms with E-state index in [9.17, 15) is 9.59 Å². The Balaban J connectivity index is 0.000000165. The molecule has 0 saturated carbocycles. The molecule has 1 aromatic rings. The molecular weight excluding hydrogens is 210 g/mol. The van der Waals surface area contributed by atoms with Gasteiger partial charge in [0.1, 0.15) is 5.75 Å². The molecule has 1 aromatic carbocycles. The van der Waals surface area contributed by atoms with Gasteiger partial charge in [-0.1, -0.05) is 6.07 Å². The minimum atomic E-state index is -0.398. The van der Waals surface area contributed by atoms with E-state index in [2.05, 4.69) is 4.74 Å². The number of ether oxygens (including phenoxy) is 1. The fraction of sp³-hybridized carbons (Fsp3) is 0.273. The highest BCUT2D eigenvalue weighted by atomic mass is 16.6. The highest BCUT2D eigenvalue weighted by Crippen LogP contribution is 2.17. The molecule has 5 nitrogen and oxygen atoms in total. The molecule has 1 heterocycles. The van der Waals surface area contributed by atoms with Gasteiger partial charge in [0.05, 0.1) is 12.8 Å². The minimum absolute atomic E-state index is 0.259. The second-order valence-electron chi connectivity index (χ2n) is 3.39. The van der Waals surface area contributed by atoms with Crippen LogP contribution in [-0.4, -0.2) is 17.0 Å². The maximum absolute atomic E-state index is 10.0. The third-order valence-corrected chi connectivity index (χ3v) is 1.99. The molecule has 5 heteroatoms. The Labute approximate surface area is 92.8 Å². The van der Waals surface area contributed by atoms with E-state index in [0.29, 0.717) is 5.69 Å². The van der Waals surface area contributed by atoms with E-state index in [1.807, 2.05) is 6.92 Å². The third-order valence-electron chi connectivity index (χ3n) is 1.99. The molecule has 0 radical (unpaired) electrons. The van der Waals surface area contributed by atoms with Crippen LogP contribution < -0.4 is 5.73 Å². The number of cyclic esters (lactones) is 2. The second kappa shape index (κ2) is 5.16. The maximum atomic E-state index is 10.0. The summed E-state index contributed by atoms with van der Waals surface area (Å²) < 4.78 is 4.08. The molecule has 0 spiro atoms. The van der Waals surface area contributed by atoms with Gasteiger partial charge < -0.3 is 15.6 Å². The van der Waals surface area contributed by atoms with Crippen LogP contribution in [0.5, 0.6) is 5.75 Å². The normalized spacial score (nSPS) is 14.1. The summed E-state index contributed by atoms with van der Waals surface area (Å²) in [4.78, 5) is 20.0. The number of phenols is 1. The van der Waals surface area contributed by atoms with Crippen LogP contribution >= 0.6 is 0 Å². The number of aromatic hydroxyl groups is 1. The van der Waals surface area contributed by atoms with Crippen molar-refractivity contribution in [3.05, 3.63) is 23.8 Å². The molecule has 0 aromatic heterocycles. The summed E-state index contributed by atoms with van der Waals surface area (Å²) in [5.41, 5.74) is 6.81. The molecule has 86 valence electrons. The predicted molar refractivity (Wildman–Crippen MR) is 57.6 cm³/mol. The first-order valence-corrected chi connectivity index (χ1v) is 4.77. The van der Waals surface area contributed by atoms with Gasteiger partial charge in [-0.15, -0.1) is 0 Å². The van der Waals surface area contributed by atoms with E-state index in [4.69, 9.17) is 10.8 Å². The third kappa shape index (κ3) is 3.61. The summed E-state index contributed by atoms with van der Waals surface area (Å²) >= 11 is 0. The van der Waals surface area contributed by atoms with Gasteiger partial charge >= 0.3 is 11.9 Å². The number of benzene rings is 1. The molecule has 0 aliphatic carbocycles. The number of carbonyl (C=O) groups excluding carboxylic acids is 2. The van der Waals surface area contributed by atoms with E-state index >= 15 is 0 Å². The number of esters is 2. The zero-order valence-electron chi connectivity index (χ0n) is 8.90. The number of rotatable bonds is 0. The molecule has 3 N–H and O–H groups in total. The number of phenolic OH excluding ortho intramolecular Hbond substituents is 1. The van der Waals surface area contributed by atoms with Gasteiger partial charge in [-0.2, -0.15) is 0 Å². The SMILES string of the molecule is Cc1ccc(N)cc1O.O=C1CCC(=O)O1. The lowest BCUT2D eigenvalue weighted by Crippen LogP contribution is -1.94. The van der Waals surface area contributed by atoms with E-state index in [1.54, 1.807) is 12.1 Å². The second-order valence-corrected chi connectivity index (χ2v) is 3.39. The number of nitrogen functional groups attached to an aromatic ring is 1. The van der Waals surface area contributed by atoms with Crippen molar-refractivity contribution in [1.29, 1.82) is 0 Å².